The standard InChI is InChI=1S/C24H29N5O3S/c1-19-21(9-5-10-26-19)23(18-25)27-12-14-28(15-13-27)24(30)17-22(20-7-3-2-4-8-20)29-11-6-16-33(29,31)32/h2-5,7-10,22-23H,6,11-17H2,1H3. The Labute approximate surface area is 195 Å². The molecular weight excluding hydrogens is 438 g/mol. The Morgan fingerprint density at radius 3 is 2.42 bits per heavy atom. The van der Waals surface area contributed by atoms with E-state index in [-0.39, 0.29) is 18.1 Å². The molecule has 2 unspecified atom stereocenters. The number of hydrogen-bond acceptors (Lipinski definition) is 6. The van der Waals surface area contributed by atoms with Crippen molar-refractivity contribution >= 4 is 15.9 Å². The topological polar surface area (TPSA) is 97.6 Å². The molecule has 174 valence electrons. The molecule has 2 aliphatic heterocycles. The van der Waals surface area contributed by atoms with E-state index in [2.05, 4.69) is 16.0 Å². The van der Waals surface area contributed by atoms with Crippen LogP contribution in [-0.2, 0) is 14.8 Å². The lowest BCUT2D eigenvalue weighted by Crippen LogP contribution is -2.50. The summed E-state index contributed by atoms with van der Waals surface area (Å²) < 4.78 is 26.7. The van der Waals surface area contributed by atoms with E-state index in [1.54, 1.807) is 11.1 Å². The number of piperazine rings is 1. The number of sulfonamides is 1. The fourth-order valence-electron chi connectivity index (χ4n) is 4.73. The second kappa shape index (κ2) is 10.00. The first kappa shape index (κ1) is 23.4. The molecule has 3 heterocycles. The minimum absolute atomic E-state index is 0.0586. The van der Waals surface area contributed by atoms with Gasteiger partial charge in [0.1, 0.15) is 6.04 Å². The molecule has 8 nitrogen and oxygen atoms in total. The Bertz CT molecular complexity index is 1120. The number of pyridine rings is 1. The number of rotatable bonds is 6. The Balaban J connectivity index is 1.44. The van der Waals surface area contributed by atoms with Crippen LogP contribution in [0.1, 0.15) is 41.7 Å². The normalized spacial score (nSPS) is 20.8. The van der Waals surface area contributed by atoms with Crippen LogP contribution in [0.4, 0.5) is 0 Å². The number of carbonyl (C=O) groups is 1. The highest BCUT2D eigenvalue weighted by Crippen LogP contribution is 2.32. The minimum Gasteiger partial charge on any atom is -0.340 e. The van der Waals surface area contributed by atoms with Crippen molar-refractivity contribution in [3.8, 4) is 6.07 Å². The van der Waals surface area contributed by atoms with Gasteiger partial charge in [-0.3, -0.25) is 14.7 Å². The van der Waals surface area contributed by atoms with E-state index >= 15 is 0 Å². The number of aryl methyl sites for hydroxylation is 1. The number of carbonyl (C=O) groups excluding carboxylic acids is 1. The van der Waals surface area contributed by atoms with Gasteiger partial charge < -0.3 is 4.90 Å². The van der Waals surface area contributed by atoms with Gasteiger partial charge in [-0.05, 0) is 25.0 Å². The average Bonchev–Trinajstić information content (AvgIpc) is 3.18. The highest BCUT2D eigenvalue weighted by atomic mass is 32.2. The van der Waals surface area contributed by atoms with Crippen molar-refractivity contribution in [3.63, 3.8) is 0 Å². The quantitative estimate of drug-likeness (QED) is 0.646. The van der Waals surface area contributed by atoms with Gasteiger partial charge in [0, 0.05) is 56.6 Å². The lowest BCUT2D eigenvalue weighted by atomic mass is 10.0. The van der Waals surface area contributed by atoms with Crippen molar-refractivity contribution in [2.24, 2.45) is 0 Å². The molecule has 4 rings (SSSR count). The zero-order valence-corrected chi connectivity index (χ0v) is 19.6. The minimum atomic E-state index is -3.36. The van der Waals surface area contributed by atoms with Crippen LogP contribution in [0.5, 0.6) is 0 Å². The van der Waals surface area contributed by atoms with Crippen LogP contribution in [0.3, 0.4) is 0 Å². The smallest absolute Gasteiger partial charge is 0.224 e. The number of amides is 1. The van der Waals surface area contributed by atoms with Crippen molar-refractivity contribution in [2.45, 2.75) is 31.8 Å². The summed E-state index contributed by atoms with van der Waals surface area (Å²) in [6.07, 6.45) is 2.42. The molecule has 0 aliphatic carbocycles. The van der Waals surface area contributed by atoms with E-state index in [9.17, 15) is 18.5 Å². The van der Waals surface area contributed by atoms with Crippen LogP contribution in [-0.4, -0.2) is 71.9 Å². The second-order valence-corrected chi connectivity index (χ2v) is 10.6. The van der Waals surface area contributed by atoms with Gasteiger partial charge in [-0.25, -0.2) is 8.42 Å². The number of benzene rings is 1. The molecule has 2 saturated heterocycles. The Morgan fingerprint density at radius 1 is 1.09 bits per heavy atom. The summed E-state index contributed by atoms with van der Waals surface area (Å²) in [5.74, 6) is 0.0728. The lowest BCUT2D eigenvalue weighted by Gasteiger charge is -2.38. The van der Waals surface area contributed by atoms with Crippen molar-refractivity contribution < 1.29 is 13.2 Å². The maximum absolute atomic E-state index is 13.2. The van der Waals surface area contributed by atoms with Crippen molar-refractivity contribution in [2.75, 3.05) is 38.5 Å². The molecule has 0 spiro atoms. The summed E-state index contributed by atoms with van der Waals surface area (Å²) in [4.78, 5) is 21.4. The molecule has 1 aromatic heterocycles. The summed E-state index contributed by atoms with van der Waals surface area (Å²) in [6, 6.07) is 14.7. The van der Waals surface area contributed by atoms with E-state index in [0.717, 1.165) is 16.8 Å². The van der Waals surface area contributed by atoms with Crippen LogP contribution >= 0.6 is 0 Å². The van der Waals surface area contributed by atoms with Gasteiger partial charge in [-0.2, -0.15) is 9.57 Å². The number of aromatic nitrogens is 1. The van der Waals surface area contributed by atoms with Gasteiger partial charge in [-0.15, -0.1) is 0 Å². The largest absolute Gasteiger partial charge is 0.340 e. The van der Waals surface area contributed by atoms with Crippen molar-refractivity contribution in [1.29, 1.82) is 5.26 Å². The lowest BCUT2D eigenvalue weighted by molar-refractivity contribution is -0.134. The first-order valence-corrected chi connectivity index (χ1v) is 12.9. The third-order valence-electron chi connectivity index (χ3n) is 6.53. The summed E-state index contributed by atoms with van der Waals surface area (Å²) in [7, 11) is -3.36. The predicted molar refractivity (Wildman–Crippen MR) is 124 cm³/mol. The second-order valence-electron chi connectivity index (χ2n) is 8.54. The fraction of sp³-hybridized carbons (Fsp3) is 0.458. The molecular formula is C24H29N5O3S. The molecule has 0 bridgehead atoms. The van der Waals surface area contributed by atoms with E-state index in [1.807, 2.05) is 49.4 Å². The molecule has 1 aromatic carbocycles. The van der Waals surface area contributed by atoms with E-state index < -0.39 is 22.1 Å². The van der Waals surface area contributed by atoms with E-state index in [4.69, 9.17) is 0 Å². The predicted octanol–water partition coefficient (Wildman–Crippen LogP) is 2.27. The van der Waals surface area contributed by atoms with Crippen LogP contribution in [0.25, 0.3) is 0 Å². The van der Waals surface area contributed by atoms with Crippen LogP contribution in [0.15, 0.2) is 48.7 Å². The number of nitrogens with zero attached hydrogens (tertiary/aromatic N) is 5. The average molecular weight is 468 g/mol. The van der Waals surface area contributed by atoms with Crippen molar-refractivity contribution in [3.05, 3.63) is 65.5 Å². The zero-order chi connectivity index (χ0) is 23.4. The van der Waals surface area contributed by atoms with Gasteiger partial charge >= 0.3 is 0 Å². The maximum Gasteiger partial charge on any atom is 0.224 e. The third-order valence-corrected chi connectivity index (χ3v) is 8.49. The SMILES string of the molecule is Cc1ncccc1C(C#N)N1CCN(C(=O)CC(c2ccccc2)N2CCCS2(=O)=O)CC1. The molecule has 33 heavy (non-hydrogen) atoms. The summed E-state index contributed by atoms with van der Waals surface area (Å²) in [5, 5.41) is 9.78. The fourth-order valence-corrected chi connectivity index (χ4v) is 6.45. The van der Waals surface area contributed by atoms with Gasteiger partial charge in [0.2, 0.25) is 15.9 Å². The van der Waals surface area contributed by atoms with Crippen LogP contribution in [0.2, 0.25) is 0 Å². The van der Waals surface area contributed by atoms with E-state index in [0.29, 0.717) is 39.1 Å². The van der Waals surface area contributed by atoms with Gasteiger partial charge in [0.15, 0.2) is 0 Å². The molecule has 0 N–H and O–H groups in total. The van der Waals surface area contributed by atoms with E-state index in [1.165, 1.54) is 4.31 Å². The van der Waals surface area contributed by atoms with Gasteiger partial charge in [-0.1, -0.05) is 36.4 Å². The maximum atomic E-state index is 13.2. The van der Waals surface area contributed by atoms with Crippen LogP contribution < -0.4 is 0 Å². The first-order valence-electron chi connectivity index (χ1n) is 11.3. The highest BCUT2D eigenvalue weighted by molar-refractivity contribution is 7.89. The van der Waals surface area contributed by atoms with Crippen molar-refractivity contribution in [1.82, 2.24) is 19.1 Å². The van der Waals surface area contributed by atoms with Crippen LogP contribution in [0, 0.1) is 18.3 Å². The highest BCUT2D eigenvalue weighted by Gasteiger charge is 2.37. The molecule has 0 saturated carbocycles. The number of hydrogen-bond donors (Lipinski definition) is 0. The Morgan fingerprint density at radius 2 is 1.82 bits per heavy atom. The molecule has 2 fully saturated rings. The summed E-state index contributed by atoms with van der Waals surface area (Å²) in [6.45, 7) is 4.51. The summed E-state index contributed by atoms with van der Waals surface area (Å²) >= 11 is 0. The zero-order valence-electron chi connectivity index (χ0n) is 18.8. The molecule has 2 atom stereocenters. The molecule has 9 heteroatoms. The Hall–Kier alpha value is -2.80. The molecule has 2 aromatic rings. The Kier molecular flexibility index (Phi) is 7.08. The first-order chi connectivity index (χ1) is 15.9. The summed E-state index contributed by atoms with van der Waals surface area (Å²) in [5.41, 5.74) is 2.56. The number of nitriles is 1. The van der Waals surface area contributed by atoms with Gasteiger partial charge in [0.05, 0.1) is 17.9 Å². The molecule has 1 amide bonds. The third kappa shape index (κ3) is 5.08. The monoisotopic (exact) mass is 467 g/mol. The molecule has 0 radical (unpaired) electrons. The molecule has 2 aliphatic rings. The van der Waals surface area contributed by atoms with Gasteiger partial charge in [0.25, 0.3) is 0 Å².